The first-order valence-corrected chi connectivity index (χ1v) is 17.1. The molecule has 4 aromatic carbocycles. The Morgan fingerprint density at radius 1 is 0.854 bits per heavy atom. The lowest BCUT2D eigenvalue weighted by Crippen LogP contribution is -2.56. The first kappa shape index (κ1) is 34.4. The number of hydrogen-bond donors (Lipinski definition) is 1. The van der Waals surface area contributed by atoms with E-state index in [0.29, 0.717) is 12.4 Å². The lowest BCUT2D eigenvalue weighted by molar-refractivity contribution is -0.140. The molecule has 252 valence electrons. The number of nitrogens with one attached hydrogen (secondary N) is 1. The number of aryl methyl sites for hydroxylation is 1. The van der Waals surface area contributed by atoms with Crippen molar-refractivity contribution in [3.05, 3.63) is 120 Å². The fourth-order valence-corrected chi connectivity index (χ4v) is 6.89. The highest BCUT2D eigenvalue weighted by atomic mass is 32.2. The number of amides is 2. The Kier molecular flexibility index (Phi) is 10.4. The summed E-state index contributed by atoms with van der Waals surface area (Å²) in [6, 6.07) is 25.0. The third-order valence-corrected chi connectivity index (χ3v) is 9.47. The molecule has 48 heavy (non-hydrogen) atoms. The van der Waals surface area contributed by atoms with Gasteiger partial charge in [-0.25, -0.2) is 12.8 Å². The van der Waals surface area contributed by atoms with Gasteiger partial charge in [0.25, 0.3) is 10.0 Å². The Balaban J connectivity index is 1.58. The van der Waals surface area contributed by atoms with Crippen LogP contribution in [-0.4, -0.2) is 56.5 Å². The number of nitrogens with zero attached hydrogens (tertiary/aromatic N) is 2. The second-order valence-corrected chi connectivity index (χ2v) is 14.6. The molecule has 1 aliphatic heterocycles. The fourth-order valence-electron chi connectivity index (χ4n) is 5.46. The molecule has 1 atom stereocenters. The molecule has 1 heterocycles. The highest BCUT2D eigenvalue weighted by Crippen LogP contribution is 2.34. The Morgan fingerprint density at radius 2 is 1.52 bits per heavy atom. The van der Waals surface area contributed by atoms with Crippen LogP contribution in [-0.2, 0) is 32.6 Å². The minimum atomic E-state index is -4.41. The second kappa shape index (κ2) is 14.5. The van der Waals surface area contributed by atoms with Gasteiger partial charge in [-0.1, -0.05) is 60.2 Å². The smallest absolute Gasteiger partial charge is 0.264 e. The third-order valence-electron chi connectivity index (χ3n) is 7.70. The van der Waals surface area contributed by atoms with Crippen LogP contribution in [0, 0.1) is 12.7 Å². The van der Waals surface area contributed by atoms with Crippen LogP contribution in [0.5, 0.6) is 11.5 Å². The Morgan fingerprint density at radius 3 is 2.19 bits per heavy atom. The summed E-state index contributed by atoms with van der Waals surface area (Å²) in [5, 5.41) is 3.02. The number of hydrogen-bond acceptors (Lipinski definition) is 6. The van der Waals surface area contributed by atoms with Crippen LogP contribution in [0.3, 0.4) is 0 Å². The van der Waals surface area contributed by atoms with Crippen LogP contribution < -0.4 is 19.1 Å². The molecule has 0 aliphatic carbocycles. The van der Waals surface area contributed by atoms with Crippen molar-refractivity contribution in [2.75, 3.05) is 24.1 Å². The second-order valence-electron chi connectivity index (χ2n) is 12.7. The van der Waals surface area contributed by atoms with E-state index in [0.717, 1.165) is 33.1 Å². The monoisotopic (exact) mass is 673 g/mol. The molecule has 9 nitrogen and oxygen atoms in total. The summed E-state index contributed by atoms with van der Waals surface area (Å²) < 4.78 is 54.8. The summed E-state index contributed by atoms with van der Waals surface area (Å²) in [5.74, 6) is -0.898. The molecule has 0 fully saturated rings. The molecule has 2 amide bonds. The van der Waals surface area contributed by atoms with Crippen molar-refractivity contribution in [1.82, 2.24) is 10.2 Å². The molecule has 0 saturated heterocycles. The molecule has 0 radical (unpaired) electrons. The number of rotatable bonds is 11. The number of sulfonamides is 1. The number of ether oxygens (including phenoxy) is 2. The number of carbonyl (C=O) groups is 2. The number of carbonyl (C=O) groups excluding carboxylic acids is 2. The van der Waals surface area contributed by atoms with Crippen LogP contribution in [0.25, 0.3) is 0 Å². The first-order valence-electron chi connectivity index (χ1n) is 15.7. The quantitative estimate of drug-likeness (QED) is 0.221. The van der Waals surface area contributed by atoms with Crippen LogP contribution in [0.4, 0.5) is 10.1 Å². The molecule has 0 aromatic heterocycles. The first-order chi connectivity index (χ1) is 22.8. The van der Waals surface area contributed by atoms with Gasteiger partial charge >= 0.3 is 0 Å². The maximum atomic E-state index is 14.6. The van der Waals surface area contributed by atoms with Crippen LogP contribution >= 0.6 is 0 Å². The van der Waals surface area contributed by atoms with Gasteiger partial charge in [0.2, 0.25) is 11.8 Å². The molecule has 1 aliphatic rings. The number of halogens is 1. The summed E-state index contributed by atoms with van der Waals surface area (Å²) in [6.45, 7) is 7.45. The van der Waals surface area contributed by atoms with Gasteiger partial charge < -0.3 is 19.7 Å². The molecule has 11 heteroatoms. The van der Waals surface area contributed by atoms with Gasteiger partial charge in [-0.05, 0) is 75.2 Å². The topological polar surface area (TPSA) is 105 Å². The molecule has 0 saturated carbocycles. The minimum absolute atomic E-state index is 0.0386. The molecule has 5 rings (SSSR count). The third kappa shape index (κ3) is 8.51. The predicted octanol–water partition coefficient (Wildman–Crippen LogP) is 5.66. The van der Waals surface area contributed by atoms with Gasteiger partial charge in [0.1, 0.15) is 31.6 Å². The van der Waals surface area contributed by atoms with Crippen molar-refractivity contribution in [3.63, 3.8) is 0 Å². The van der Waals surface area contributed by atoms with E-state index in [1.54, 1.807) is 0 Å². The molecule has 1 N–H and O–H groups in total. The normalized spacial score (nSPS) is 13.4. The highest BCUT2D eigenvalue weighted by molar-refractivity contribution is 7.92. The molecular formula is C37H40FN3O6S. The number of anilines is 1. The largest absolute Gasteiger partial charge is 0.486 e. The number of fused-ring (bicyclic) bond motifs is 1. The maximum Gasteiger partial charge on any atom is 0.264 e. The summed E-state index contributed by atoms with van der Waals surface area (Å²) in [4.78, 5) is 29.9. The zero-order valence-corrected chi connectivity index (χ0v) is 28.3. The molecular weight excluding hydrogens is 633 g/mol. The van der Waals surface area contributed by atoms with Crippen molar-refractivity contribution in [2.45, 2.75) is 57.1 Å². The highest BCUT2D eigenvalue weighted by Gasteiger charge is 2.36. The fraction of sp³-hybridized carbons (Fsp3) is 0.297. The van der Waals surface area contributed by atoms with Gasteiger partial charge in [0, 0.05) is 24.6 Å². The average molecular weight is 674 g/mol. The lowest BCUT2D eigenvalue weighted by Gasteiger charge is -2.35. The van der Waals surface area contributed by atoms with Crippen molar-refractivity contribution >= 4 is 27.5 Å². The standard InChI is InChI=1S/C37H40FN3O6S/c1-26-9-8-12-28(21-26)24-40(32(36(43)39-37(2,3)4)22-27-10-6-5-7-11-27)35(42)25-41(30-15-13-29(38)14-16-30)48(44,45)31-17-18-33-34(23-31)47-20-19-46-33/h5-18,21,23,32H,19-20,22,24-25H2,1-4H3,(H,39,43)/t32-/m0/s1. The van der Waals surface area contributed by atoms with Crippen LogP contribution in [0.1, 0.15) is 37.5 Å². The van der Waals surface area contributed by atoms with E-state index in [1.165, 1.54) is 35.2 Å². The maximum absolute atomic E-state index is 14.6. The summed E-state index contributed by atoms with van der Waals surface area (Å²) in [5.41, 5.74) is 2.04. The molecule has 4 aromatic rings. The van der Waals surface area contributed by atoms with E-state index in [9.17, 15) is 22.4 Å². The van der Waals surface area contributed by atoms with Gasteiger partial charge in [-0.2, -0.15) is 0 Å². The van der Waals surface area contributed by atoms with E-state index >= 15 is 0 Å². The van der Waals surface area contributed by atoms with Gasteiger partial charge in [0.05, 0.1) is 10.6 Å². The summed E-state index contributed by atoms with van der Waals surface area (Å²) >= 11 is 0. The van der Waals surface area contributed by atoms with E-state index in [2.05, 4.69) is 5.32 Å². The Labute approximate surface area is 281 Å². The zero-order valence-electron chi connectivity index (χ0n) is 27.5. The summed E-state index contributed by atoms with van der Waals surface area (Å²) in [6.07, 6.45) is 0.186. The molecule has 0 bridgehead atoms. The van der Waals surface area contributed by atoms with Crippen molar-refractivity contribution in [2.24, 2.45) is 0 Å². The van der Waals surface area contributed by atoms with E-state index in [1.807, 2.05) is 82.3 Å². The van der Waals surface area contributed by atoms with E-state index in [4.69, 9.17) is 9.47 Å². The van der Waals surface area contributed by atoms with Crippen LogP contribution in [0.2, 0.25) is 0 Å². The minimum Gasteiger partial charge on any atom is -0.486 e. The van der Waals surface area contributed by atoms with Crippen molar-refractivity contribution in [3.8, 4) is 11.5 Å². The van der Waals surface area contributed by atoms with Gasteiger partial charge in [-0.3, -0.25) is 13.9 Å². The molecule has 0 unspecified atom stereocenters. The lowest BCUT2D eigenvalue weighted by atomic mass is 10.0. The van der Waals surface area contributed by atoms with E-state index < -0.39 is 39.9 Å². The van der Waals surface area contributed by atoms with Crippen molar-refractivity contribution in [1.29, 1.82) is 0 Å². The van der Waals surface area contributed by atoms with Crippen LogP contribution in [0.15, 0.2) is 102 Å². The summed E-state index contributed by atoms with van der Waals surface area (Å²) in [7, 11) is -4.41. The van der Waals surface area contributed by atoms with E-state index in [-0.39, 0.29) is 41.8 Å². The van der Waals surface area contributed by atoms with Crippen molar-refractivity contribution < 1.29 is 31.9 Å². The average Bonchev–Trinajstić information content (AvgIpc) is 3.05. The number of benzene rings is 4. The Hall–Kier alpha value is -4.90. The predicted molar refractivity (Wildman–Crippen MR) is 182 cm³/mol. The van der Waals surface area contributed by atoms with Gasteiger partial charge in [0.15, 0.2) is 11.5 Å². The Bertz CT molecular complexity index is 1860. The molecule has 0 spiro atoms. The zero-order chi connectivity index (χ0) is 34.5. The van der Waals surface area contributed by atoms with Gasteiger partial charge in [-0.15, -0.1) is 0 Å². The SMILES string of the molecule is Cc1cccc(CN(C(=O)CN(c2ccc(F)cc2)S(=O)(=O)c2ccc3c(c2)OCCO3)[C@@H](Cc2ccccc2)C(=O)NC(C)(C)C)c1.